The summed E-state index contributed by atoms with van der Waals surface area (Å²) in [4.78, 5) is 11.4. The number of halogens is 1. The van der Waals surface area contributed by atoms with Crippen LogP contribution < -0.4 is 5.32 Å². The second kappa shape index (κ2) is 9.06. The summed E-state index contributed by atoms with van der Waals surface area (Å²) in [6, 6.07) is 2.05. The van der Waals surface area contributed by atoms with Crippen LogP contribution in [0, 0.1) is 0 Å². The summed E-state index contributed by atoms with van der Waals surface area (Å²) >= 11 is 6.51. The quantitative estimate of drug-likeness (QED) is 0.704. The minimum absolute atomic E-state index is 0.0672. The summed E-state index contributed by atoms with van der Waals surface area (Å²) < 4.78 is 5.69. The van der Waals surface area contributed by atoms with Crippen molar-refractivity contribution in [2.45, 2.75) is 60.0 Å². The zero-order valence-corrected chi connectivity index (χ0v) is 14.3. The molecule has 0 heterocycles. The molecule has 0 aliphatic rings. The maximum atomic E-state index is 11.4. The predicted octanol–water partition coefficient (Wildman–Crippen LogP) is 4.74. The van der Waals surface area contributed by atoms with E-state index >= 15 is 0 Å². The van der Waals surface area contributed by atoms with Gasteiger partial charge >= 0.3 is 0 Å². The smallest absolute Gasteiger partial charge is 0.221 e. The number of carbonyl (C=O) groups is 1. The van der Waals surface area contributed by atoms with Crippen molar-refractivity contribution < 1.29 is 9.53 Å². The minimum Gasteiger partial charge on any atom is -0.377 e. The second-order valence-corrected chi connectivity index (χ2v) is 5.53. The molecular weight excluding hydrogens is 286 g/mol. The molecular formula is C17H26ClNO2. The van der Waals surface area contributed by atoms with E-state index in [9.17, 15) is 4.79 Å². The Morgan fingerprint density at radius 3 is 2.48 bits per heavy atom. The average Bonchev–Trinajstić information content (AvgIpc) is 2.45. The van der Waals surface area contributed by atoms with E-state index in [0.717, 1.165) is 59.7 Å². The van der Waals surface area contributed by atoms with Crippen LogP contribution >= 0.6 is 11.6 Å². The lowest BCUT2D eigenvalue weighted by molar-refractivity contribution is -0.114. The van der Waals surface area contributed by atoms with Gasteiger partial charge < -0.3 is 10.1 Å². The molecule has 1 rings (SSSR count). The van der Waals surface area contributed by atoms with Crippen LogP contribution in [0.1, 0.15) is 57.2 Å². The highest BCUT2D eigenvalue weighted by Gasteiger charge is 2.16. The highest BCUT2D eigenvalue weighted by molar-refractivity contribution is 6.32. The first-order chi connectivity index (χ1) is 10.0. The predicted molar refractivity (Wildman–Crippen MR) is 89.1 cm³/mol. The monoisotopic (exact) mass is 311 g/mol. The molecule has 1 N–H and O–H groups in total. The van der Waals surface area contributed by atoms with Crippen molar-refractivity contribution in [1.82, 2.24) is 0 Å². The number of carbonyl (C=O) groups excluding carboxylic acids is 1. The lowest BCUT2D eigenvalue weighted by Crippen LogP contribution is -2.12. The fraction of sp³-hybridized carbons (Fsp3) is 0.588. The zero-order valence-electron chi connectivity index (χ0n) is 13.5. The Morgan fingerprint density at radius 1 is 1.24 bits per heavy atom. The normalized spacial score (nSPS) is 10.7. The summed E-state index contributed by atoms with van der Waals surface area (Å²) in [7, 11) is 0. The lowest BCUT2D eigenvalue weighted by Gasteiger charge is -2.18. The molecule has 0 fully saturated rings. The summed E-state index contributed by atoms with van der Waals surface area (Å²) in [5.41, 5.74) is 3.99. The number of nitrogens with one attached hydrogen (secondary N) is 1. The van der Waals surface area contributed by atoms with E-state index in [0.29, 0.717) is 6.61 Å². The molecule has 0 bridgehead atoms. The minimum atomic E-state index is -0.0672. The number of benzene rings is 1. The molecule has 1 aromatic carbocycles. The second-order valence-electron chi connectivity index (χ2n) is 5.16. The van der Waals surface area contributed by atoms with Gasteiger partial charge in [0.25, 0.3) is 0 Å². The molecule has 0 saturated heterocycles. The van der Waals surface area contributed by atoms with Crippen LogP contribution in [-0.4, -0.2) is 12.5 Å². The van der Waals surface area contributed by atoms with Gasteiger partial charge in [0.15, 0.2) is 0 Å². The van der Waals surface area contributed by atoms with Crippen LogP contribution in [0.2, 0.25) is 5.02 Å². The summed E-state index contributed by atoms with van der Waals surface area (Å²) in [5.74, 6) is -0.0672. The van der Waals surface area contributed by atoms with Gasteiger partial charge in [-0.2, -0.15) is 0 Å². The zero-order chi connectivity index (χ0) is 15.8. The summed E-state index contributed by atoms with van der Waals surface area (Å²) in [5, 5.41) is 3.64. The van der Waals surface area contributed by atoms with E-state index in [-0.39, 0.29) is 5.91 Å². The molecule has 0 spiro atoms. The SMILES string of the molecule is CCCCOCc1cc(CC)c(NC(C)=O)c(CC)c1Cl. The first kappa shape index (κ1) is 18.0. The van der Waals surface area contributed by atoms with Crippen molar-refractivity contribution in [2.75, 3.05) is 11.9 Å². The van der Waals surface area contributed by atoms with Crippen LogP contribution in [-0.2, 0) is 29.0 Å². The van der Waals surface area contributed by atoms with Gasteiger partial charge in [0.2, 0.25) is 5.91 Å². The van der Waals surface area contributed by atoms with Crippen molar-refractivity contribution in [3.63, 3.8) is 0 Å². The number of rotatable bonds is 8. The third kappa shape index (κ3) is 5.01. The Morgan fingerprint density at radius 2 is 1.95 bits per heavy atom. The first-order valence-electron chi connectivity index (χ1n) is 7.73. The molecule has 3 nitrogen and oxygen atoms in total. The molecule has 4 heteroatoms. The summed E-state index contributed by atoms with van der Waals surface area (Å²) in [6.07, 6.45) is 3.81. The molecule has 118 valence electrons. The van der Waals surface area contributed by atoms with Crippen LogP contribution in [0.3, 0.4) is 0 Å². The Kier molecular flexibility index (Phi) is 7.76. The van der Waals surface area contributed by atoms with Gasteiger partial charge in [-0.15, -0.1) is 0 Å². The van der Waals surface area contributed by atoms with Crippen LogP contribution in [0.15, 0.2) is 6.07 Å². The lowest BCUT2D eigenvalue weighted by atomic mass is 9.99. The molecule has 0 saturated carbocycles. The fourth-order valence-corrected chi connectivity index (χ4v) is 2.66. The Bertz CT molecular complexity index is 486. The van der Waals surface area contributed by atoms with Crippen molar-refractivity contribution in [3.8, 4) is 0 Å². The molecule has 0 atom stereocenters. The van der Waals surface area contributed by atoms with E-state index in [1.807, 2.05) is 6.92 Å². The number of anilines is 1. The average molecular weight is 312 g/mol. The van der Waals surface area contributed by atoms with E-state index in [1.165, 1.54) is 6.92 Å². The van der Waals surface area contributed by atoms with Gasteiger partial charge in [0.1, 0.15) is 0 Å². The number of unbranched alkanes of at least 4 members (excludes halogenated alkanes) is 1. The Hall–Kier alpha value is -1.06. The van der Waals surface area contributed by atoms with Crippen molar-refractivity contribution >= 4 is 23.2 Å². The van der Waals surface area contributed by atoms with Gasteiger partial charge in [-0.25, -0.2) is 0 Å². The van der Waals surface area contributed by atoms with Gasteiger partial charge in [0.05, 0.1) is 11.6 Å². The van der Waals surface area contributed by atoms with Crippen molar-refractivity contribution in [3.05, 3.63) is 27.8 Å². The molecule has 0 radical (unpaired) electrons. The summed E-state index contributed by atoms with van der Waals surface area (Å²) in [6.45, 7) is 9.07. The van der Waals surface area contributed by atoms with E-state index in [1.54, 1.807) is 0 Å². The molecule has 21 heavy (non-hydrogen) atoms. The van der Waals surface area contributed by atoms with Gasteiger partial charge in [-0.1, -0.05) is 38.8 Å². The van der Waals surface area contributed by atoms with Gasteiger partial charge in [-0.3, -0.25) is 4.79 Å². The third-order valence-corrected chi connectivity index (χ3v) is 3.92. The van der Waals surface area contributed by atoms with E-state index in [4.69, 9.17) is 16.3 Å². The molecule has 1 aromatic rings. The molecule has 1 amide bonds. The van der Waals surface area contributed by atoms with Gasteiger partial charge in [-0.05, 0) is 42.0 Å². The number of hydrogen-bond acceptors (Lipinski definition) is 2. The van der Waals surface area contributed by atoms with E-state index < -0.39 is 0 Å². The highest BCUT2D eigenvalue weighted by Crippen LogP contribution is 2.33. The highest BCUT2D eigenvalue weighted by atomic mass is 35.5. The molecule has 0 unspecified atom stereocenters. The number of ether oxygens (including phenoxy) is 1. The largest absolute Gasteiger partial charge is 0.377 e. The van der Waals surface area contributed by atoms with Crippen LogP contribution in [0.5, 0.6) is 0 Å². The van der Waals surface area contributed by atoms with Crippen molar-refractivity contribution in [1.29, 1.82) is 0 Å². The van der Waals surface area contributed by atoms with Crippen LogP contribution in [0.25, 0.3) is 0 Å². The van der Waals surface area contributed by atoms with Crippen LogP contribution in [0.4, 0.5) is 5.69 Å². The van der Waals surface area contributed by atoms with Gasteiger partial charge in [0, 0.05) is 19.2 Å². The molecule has 0 aliphatic carbocycles. The third-order valence-electron chi connectivity index (χ3n) is 3.45. The molecule has 0 aliphatic heterocycles. The standard InChI is InChI=1S/C17H26ClNO2/c1-5-8-9-21-11-14-10-13(6-2)17(19-12(4)20)15(7-3)16(14)18/h10H,5-9,11H2,1-4H3,(H,19,20). The molecule has 0 aromatic heterocycles. The number of hydrogen-bond donors (Lipinski definition) is 1. The topological polar surface area (TPSA) is 38.3 Å². The Balaban J connectivity index is 3.08. The maximum absolute atomic E-state index is 11.4. The first-order valence-corrected chi connectivity index (χ1v) is 8.11. The Labute approximate surface area is 133 Å². The fourth-order valence-electron chi connectivity index (χ4n) is 2.32. The van der Waals surface area contributed by atoms with Crippen molar-refractivity contribution in [2.24, 2.45) is 0 Å². The van der Waals surface area contributed by atoms with E-state index in [2.05, 4.69) is 25.2 Å². The maximum Gasteiger partial charge on any atom is 0.221 e. The number of aryl methyl sites for hydroxylation is 1. The number of amides is 1.